The fourth-order valence-electron chi connectivity index (χ4n) is 1.38. The van der Waals surface area contributed by atoms with Gasteiger partial charge in [-0.15, -0.1) is 6.58 Å². The summed E-state index contributed by atoms with van der Waals surface area (Å²) in [7, 11) is 0. The number of aryl methyl sites for hydroxylation is 1. The van der Waals surface area contributed by atoms with Gasteiger partial charge in [-0.25, -0.2) is 0 Å². The first-order valence-corrected chi connectivity index (χ1v) is 5.25. The van der Waals surface area contributed by atoms with Gasteiger partial charge in [0.05, 0.1) is 0 Å². The van der Waals surface area contributed by atoms with Crippen molar-refractivity contribution in [1.82, 2.24) is 9.78 Å². The molecule has 1 rings (SSSR count). The van der Waals surface area contributed by atoms with Crippen molar-refractivity contribution in [2.75, 3.05) is 0 Å². The van der Waals surface area contributed by atoms with Gasteiger partial charge in [-0.3, -0.25) is 4.68 Å². The number of alkyl halides is 3. The maximum absolute atomic E-state index is 12.2. The zero-order chi connectivity index (χ0) is 12.0. The first-order chi connectivity index (χ1) is 7.54. The van der Waals surface area contributed by atoms with Gasteiger partial charge in [-0.2, -0.15) is 18.3 Å². The molecule has 5 heteroatoms. The van der Waals surface area contributed by atoms with Crippen LogP contribution in [0.5, 0.6) is 0 Å². The molecule has 2 nitrogen and oxygen atoms in total. The molecule has 0 unspecified atom stereocenters. The van der Waals surface area contributed by atoms with E-state index in [0.717, 1.165) is 31.7 Å². The third-order valence-corrected chi connectivity index (χ3v) is 2.23. The molecule has 0 spiro atoms. The van der Waals surface area contributed by atoms with Crippen LogP contribution in [-0.2, 0) is 12.7 Å². The Labute approximate surface area is 92.8 Å². The normalized spacial score (nSPS) is 11.7. The van der Waals surface area contributed by atoms with E-state index in [0.29, 0.717) is 6.54 Å². The van der Waals surface area contributed by atoms with E-state index in [1.165, 1.54) is 10.9 Å². The zero-order valence-corrected chi connectivity index (χ0v) is 9.00. The van der Waals surface area contributed by atoms with E-state index < -0.39 is 11.9 Å². The molecule has 90 valence electrons. The van der Waals surface area contributed by atoms with Crippen molar-refractivity contribution in [3.63, 3.8) is 0 Å². The van der Waals surface area contributed by atoms with Crippen LogP contribution in [0.4, 0.5) is 13.2 Å². The number of hydrogen-bond acceptors (Lipinski definition) is 1. The van der Waals surface area contributed by atoms with E-state index in [2.05, 4.69) is 11.7 Å². The molecule has 16 heavy (non-hydrogen) atoms. The van der Waals surface area contributed by atoms with Gasteiger partial charge in [0.15, 0.2) is 5.69 Å². The Hall–Kier alpha value is -1.26. The number of unbranched alkanes of at least 4 members (excludes halogenated alkanes) is 3. The van der Waals surface area contributed by atoms with Crippen molar-refractivity contribution in [1.29, 1.82) is 0 Å². The fourth-order valence-corrected chi connectivity index (χ4v) is 1.38. The highest BCUT2D eigenvalue weighted by atomic mass is 19.4. The van der Waals surface area contributed by atoms with Crippen molar-refractivity contribution in [3.8, 4) is 0 Å². The average molecular weight is 232 g/mol. The van der Waals surface area contributed by atoms with Gasteiger partial charge in [0.1, 0.15) is 0 Å². The van der Waals surface area contributed by atoms with E-state index in [1.807, 2.05) is 6.08 Å². The second kappa shape index (κ2) is 5.72. The zero-order valence-electron chi connectivity index (χ0n) is 9.00. The van der Waals surface area contributed by atoms with Crippen molar-refractivity contribution in [2.45, 2.75) is 38.4 Å². The Morgan fingerprint density at radius 1 is 1.31 bits per heavy atom. The maximum Gasteiger partial charge on any atom is 0.435 e. The van der Waals surface area contributed by atoms with Crippen LogP contribution in [0, 0.1) is 0 Å². The van der Waals surface area contributed by atoms with Gasteiger partial charge in [0.2, 0.25) is 0 Å². The van der Waals surface area contributed by atoms with Gasteiger partial charge in [0.25, 0.3) is 0 Å². The lowest BCUT2D eigenvalue weighted by Gasteiger charge is -2.02. The van der Waals surface area contributed by atoms with Gasteiger partial charge >= 0.3 is 6.18 Å². The minimum Gasteiger partial charge on any atom is -0.272 e. The summed E-state index contributed by atoms with van der Waals surface area (Å²) in [5.74, 6) is 0. The molecule has 0 aromatic carbocycles. The minimum atomic E-state index is -4.34. The van der Waals surface area contributed by atoms with Crippen molar-refractivity contribution in [2.24, 2.45) is 0 Å². The fraction of sp³-hybridized carbons (Fsp3) is 0.545. The Bertz CT molecular complexity index is 328. The topological polar surface area (TPSA) is 17.8 Å². The van der Waals surface area contributed by atoms with Crippen LogP contribution in [-0.4, -0.2) is 9.78 Å². The third-order valence-electron chi connectivity index (χ3n) is 2.23. The van der Waals surface area contributed by atoms with Crippen LogP contribution < -0.4 is 0 Å². The first-order valence-electron chi connectivity index (χ1n) is 5.25. The van der Waals surface area contributed by atoms with Crippen LogP contribution in [0.3, 0.4) is 0 Å². The lowest BCUT2D eigenvalue weighted by molar-refractivity contribution is -0.141. The van der Waals surface area contributed by atoms with Gasteiger partial charge < -0.3 is 0 Å². The summed E-state index contributed by atoms with van der Waals surface area (Å²) in [5.41, 5.74) is -0.821. The number of halogens is 3. The van der Waals surface area contributed by atoms with Gasteiger partial charge in [-0.05, 0) is 25.3 Å². The average Bonchev–Trinajstić information content (AvgIpc) is 2.65. The summed E-state index contributed by atoms with van der Waals surface area (Å²) in [6.07, 6.45) is 2.67. The lowest BCUT2D eigenvalue weighted by atomic mass is 10.2. The monoisotopic (exact) mass is 232 g/mol. The van der Waals surface area contributed by atoms with E-state index in [-0.39, 0.29) is 0 Å². The molecule has 0 saturated carbocycles. The quantitative estimate of drug-likeness (QED) is 0.540. The number of aromatic nitrogens is 2. The van der Waals surface area contributed by atoms with Crippen LogP contribution in [0.15, 0.2) is 24.9 Å². The second-order valence-corrected chi connectivity index (χ2v) is 3.60. The second-order valence-electron chi connectivity index (χ2n) is 3.60. The molecule has 0 atom stereocenters. The molecule has 0 radical (unpaired) electrons. The summed E-state index contributed by atoms with van der Waals surface area (Å²) in [5, 5.41) is 3.47. The Morgan fingerprint density at radius 2 is 2.06 bits per heavy atom. The molecular formula is C11H15F3N2. The number of hydrogen-bond donors (Lipinski definition) is 0. The molecule has 0 saturated heterocycles. The maximum atomic E-state index is 12.2. The predicted octanol–water partition coefficient (Wildman–Crippen LogP) is 3.65. The number of nitrogens with zero attached hydrogens (tertiary/aromatic N) is 2. The van der Waals surface area contributed by atoms with Crippen molar-refractivity contribution < 1.29 is 13.2 Å². The molecule has 0 aliphatic carbocycles. The summed E-state index contributed by atoms with van der Waals surface area (Å²) in [6, 6.07) is 1.00. The van der Waals surface area contributed by atoms with E-state index in [9.17, 15) is 13.2 Å². The first kappa shape index (κ1) is 12.8. The van der Waals surface area contributed by atoms with Crippen LogP contribution in [0.2, 0.25) is 0 Å². The molecular weight excluding hydrogens is 217 g/mol. The van der Waals surface area contributed by atoms with Gasteiger partial charge in [-0.1, -0.05) is 12.5 Å². The number of allylic oxidation sites excluding steroid dienone is 1. The van der Waals surface area contributed by atoms with Gasteiger partial charge in [0, 0.05) is 12.7 Å². The number of rotatable bonds is 6. The standard InChI is InChI=1S/C11H15F3N2/c1-2-3-4-5-6-8-16-9-7-10(15-16)11(12,13)14/h2,7,9H,1,3-6,8H2. The van der Waals surface area contributed by atoms with Crippen molar-refractivity contribution >= 4 is 0 Å². The van der Waals surface area contributed by atoms with E-state index >= 15 is 0 Å². The Kier molecular flexibility index (Phi) is 4.58. The summed E-state index contributed by atoms with van der Waals surface area (Å²) in [6.45, 7) is 4.14. The molecule has 0 fully saturated rings. The molecule has 0 bridgehead atoms. The Morgan fingerprint density at radius 3 is 2.62 bits per heavy atom. The van der Waals surface area contributed by atoms with E-state index in [1.54, 1.807) is 0 Å². The Balaban J connectivity index is 2.32. The van der Waals surface area contributed by atoms with Crippen molar-refractivity contribution in [3.05, 3.63) is 30.6 Å². The molecule has 0 N–H and O–H groups in total. The van der Waals surface area contributed by atoms with E-state index in [4.69, 9.17) is 0 Å². The molecule has 0 aliphatic rings. The highest BCUT2D eigenvalue weighted by Gasteiger charge is 2.33. The molecule has 1 aromatic rings. The van der Waals surface area contributed by atoms with Crippen LogP contribution >= 0.6 is 0 Å². The summed E-state index contributed by atoms with van der Waals surface area (Å²) in [4.78, 5) is 0. The SMILES string of the molecule is C=CCCCCCn1ccc(C(F)(F)F)n1. The third kappa shape index (κ3) is 4.08. The lowest BCUT2D eigenvalue weighted by Crippen LogP contribution is -2.08. The highest BCUT2D eigenvalue weighted by Crippen LogP contribution is 2.27. The van der Waals surface area contributed by atoms with Crippen LogP contribution in [0.1, 0.15) is 31.4 Å². The minimum absolute atomic E-state index is 0.535. The molecule has 0 amide bonds. The van der Waals surface area contributed by atoms with Crippen LogP contribution in [0.25, 0.3) is 0 Å². The largest absolute Gasteiger partial charge is 0.435 e. The molecule has 1 heterocycles. The summed E-state index contributed by atoms with van der Waals surface area (Å²) < 4.78 is 38.0. The summed E-state index contributed by atoms with van der Waals surface area (Å²) >= 11 is 0. The predicted molar refractivity (Wildman–Crippen MR) is 55.9 cm³/mol. The molecule has 0 aliphatic heterocycles. The molecule has 1 aromatic heterocycles. The smallest absolute Gasteiger partial charge is 0.272 e. The highest BCUT2D eigenvalue weighted by molar-refractivity contribution is 5.03.